The minimum atomic E-state index is -0.783. The topological polar surface area (TPSA) is 54.0 Å². The molecule has 34 heavy (non-hydrogen) atoms. The van der Waals surface area contributed by atoms with E-state index >= 15 is 0 Å². The summed E-state index contributed by atoms with van der Waals surface area (Å²) in [4.78, 5) is 11.4. The maximum atomic E-state index is 11.4. The van der Waals surface area contributed by atoms with Crippen molar-refractivity contribution in [2.45, 2.75) is 44.2 Å². The summed E-state index contributed by atoms with van der Waals surface area (Å²) >= 11 is 6.22. The van der Waals surface area contributed by atoms with Gasteiger partial charge < -0.3 is 18.9 Å². The Labute approximate surface area is 204 Å². The Kier molecular flexibility index (Phi) is 9.05. The summed E-state index contributed by atoms with van der Waals surface area (Å²) in [5, 5.41) is -0.0723. The van der Waals surface area contributed by atoms with Crippen molar-refractivity contribution in [3.63, 3.8) is 0 Å². The molecule has 3 aromatic rings. The summed E-state index contributed by atoms with van der Waals surface area (Å²) in [7, 11) is 0. The van der Waals surface area contributed by atoms with Crippen molar-refractivity contribution >= 4 is 17.5 Å². The Bertz CT molecular complexity index is 1050. The first kappa shape index (κ1) is 24.4. The lowest BCUT2D eigenvalue weighted by molar-refractivity contribution is -0.0896. The van der Waals surface area contributed by atoms with E-state index in [0.717, 1.165) is 16.7 Å². The first-order valence-corrected chi connectivity index (χ1v) is 11.6. The van der Waals surface area contributed by atoms with E-state index in [2.05, 4.69) is 0 Å². The van der Waals surface area contributed by atoms with Crippen LogP contribution in [0.5, 0.6) is 0 Å². The zero-order chi connectivity index (χ0) is 23.6. The summed E-state index contributed by atoms with van der Waals surface area (Å²) in [6.45, 7) is 1.39. The van der Waals surface area contributed by atoms with E-state index in [1.807, 2.05) is 91.0 Å². The highest BCUT2D eigenvalue weighted by atomic mass is 35.5. The number of hydrogen-bond donors (Lipinski definition) is 0. The van der Waals surface area contributed by atoms with Crippen LogP contribution in [0.1, 0.15) is 16.7 Å². The van der Waals surface area contributed by atoms with E-state index < -0.39 is 24.4 Å². The summed E-state index contributed by atoms with van der Waals surface area (Å²) in [6.07, 6.45) is -2.34. The van der Waals surface area contributed by atoms with Crippen LogP contribution in [0, 0.1) is 0 Å². The number of hydrogen-bond acceptors (Lipinski definition) is 5. The zero-order valence-electron chi connectivity index (χ0n) is 18.7. The van der Waals surface area contributed by atoms with Gasteiger partial charge in [-0.2, -0.15) is 0 Å². The normalized spacial score (nSPS) is 21.8. The Morgan fingerprint density at radius 1 is 0.735 bits per heavy atom. The molecule has 0 amide bonds. The first-order valence-electron chi connectivity index (χ1n) is 11.2. The summed E-state index contributed by atoms with van der Waals surface area (Å²) in [5.41, 5.74) is 3.08. The second-order valence-electron chi connectivity index (χ2n) is 8.07. The van der Waals surface area contributed by atoms with E-state index in [1.54, 1.807) is 5.94 Å². The highest BCUT2D eigenvalue weighted by molar-refractivity contribution is 6.33. The maximum Gasteiger partial charge on any atom is 0.143 e. The van der Waals surface area contributed by atoms with Crippen LogP contribution >= 0.6 is 11.6 Å². The smallest absolute Gasteiger partial charge is 0.143 e. The lowest BCUT2D eigenvalue weighted by Crippen LogP contribution is -2.39. The van der Waals surface area contributed by atoms with Crippen molar-refractivity contribution in [2.75, 3.05) is 6.61 Å². The summed E-state index contributed by atoms with van der Waals surface area (Å²) in [6, 6.07) is 29.6. The van der Waals surface area contributed by atoms with Gasteiger partial charge in [0, 0.05) is 0 Å². The molecule has 1 aliphatic rings. The molecule has 0 unspecified atom stereocenters. The Balaban J connectivity index is 1.49. The van der Waals surface area contributed by atoms with Crippen LogP contribution in [0.25, 0.3) is 0 Å². The molecular formula is C28H27ClO5. The molecule has 3 aromatic carbocycles. The van der Waals surface area contributed by atoms with Gasteiger partial charge in [-0.3, -0.25) is 0 Å². The lowest BCUT2D eigenvalue weighted by Gasteiger charge is -2.25. The van der Waals surface area contributed by atoms with E-state index in [0.29, 0.717) is 19.8 Å². The van der Waals surface area contributed by atoms with E-state index in [4.69, 9.17) is 30.5 Å². The van der Waals surface area contributed by atoms with Gasteiger partial charge in [0.05, 0.1) is 26.4 Å². The van der Waals surface area contributed by atoms with Crippen LogP contribution in [0.3, 0.4) is 0 Å². The van der Waals surface area contributed by atoms with Gasteiger partial charge in [0.25, 0.3) is 0 Å². The van der Waals surface area contributed by atoms with Crippen molar-refractivity contribution < 1.29 is 23.7 Å². The van der Waals surface area contributed by atoms with Crippen LogP contribution in [-0.4, -0.2) is 37.0 Å². The molecule has 0 bridgehead atoms. The Morgan fingerprint density at radius 3 is 1.71 bits per heavy atom. The molecule has 0 aliphatic carbocycles. The van der Waals surface area contributed by atoms with Crippen LogP contribution in [-0.2, 0) is 43.6 Å². The van der Waals surface area contributed by atoms with Crippen LogP contribution in [0.4, 0.5) is 0 Å². The third-order valence-corrected chi connectivity index (χ3v) is 5.91. The van der Waals surface area contributed by atoms with Crippen LogP contribution < -0.4 is 0 Å². The largest absolute Gasteiger partial charge is 0.374 e. The van der Waals surface area contributed by atoms with Crippen molar-refractivity contribution in [3.8, 4) is 0 Å². The number of carbonyl (C=O) groups excluding carboxylic acids is 1. The Hall–Kier alpha value is -2.76. The molecule has 6 heteroatoms. The predicted molar refractivity (Wildman–Crippen MR) is 130 cm³/mol. The van der Waals surface area contributed by atoms with E-state index in [-0.39, 0.29) is 11.6 Å². The van der Waals surface area contributed by atoms with Crippen molar-refractivity contribution in [3.05, 3.63) is 113 Å². The average Bonchev–Trinajstić information content (AvgIpc) is 3.24. The average molecular weight is 479 g/mol. The minimum Gasteiger partial charge on any atom is -0.374 e. The molecule has 4 rings (SSSR count). The molecule has 1 heterocycles. The second kappa shape index (κ2) is 12.6. The van der Waals surface area contributed by atoms with Gasteiger partial charge in [-0.15, -0.1) is 0 Å². The molecule has 1 saturated heterocycles. The standard InChI is InChI=1S/C28H27ClO5/c29-24(16-30)26-28(33-19-23-14-8-3-9-15-23)27(32-18-22-12-6-2-7-13-22)25(34-26)20-31-17-21-10-4-1-5-11-21/h1-15,25-28H,17-20H2/t25-,26+,27-,28+/m1/s1. The molecule has 5 nitrogen and oxygen atoms in total. The van der Waals surface area contributed by atoms with Gasteiger partial charge in [0.2, 0.25) is 0 Å². The van der Waals surface area contributed by atoms with E-state index in [1.165, 1.54) is 0 Å². The van der Waals surface area contributed by atoms with Gasteiger partial charge in [0.1, 0.15) is 35.4 Å². The molecule has 176 valence electrons. The quantitative estimate of drug-likeness (QED) is 0.359. The highest BCUT2D eigenvalue weighted by Crippen LogP contribution is 2.33. The fourth-order valence-electron chi connectivity index (χ4n) is 3.91. The fraction of sp³-hybridized carbons (Fsp3) is 0.286. The third kappa shape index (κ3) is 6.64. The van der Waals surface area contributed by atoms with Gasteiger partial charge in [0.15, 0.2) is 0 Å². The number of ether oxygens (including phenoxy) is 4. The van der Waals surface area contributed by atoms with E-state index in [9.17, 15) is 4.79 Å². The monoisotopic (exact) mass is 478 g/mol. The van der Waals surface area contributed by atoms with Crippen LogP contribution in [0.2, 0.25) is 0 Å². The number of benzene rings is 3. The molecule has 0 aromatic heterocycles. The van der Waals surface area contributed by atoms with Gasteiger partial charge in [-0.1, -0.05) is 103 Å². The number of rotatable bonds is 11. The molecule has 0 radical (unpaired) electrons. The lowest BCUT2D eigenvalue weighted by atomic mass is 10.1. The van der Waals surface area contributed by atoms with Crippen molar-refractivity contribution in [1.29, 1.82) is 0 Å². The second-order valence-corrected chi connectivity index (χ2v) is 8.48. The third-order valence-electron chi connectivity index (χ3n) is 5.62. The van der Waals surface area contributed by atoms with Gasteiger partial charge in [-0.25, -0.2) is 4.79 Å². The fourth-order valence-corrected chi connectivity index (χ4v) is 4.08. The summed E-state index contributed by atoms with van der Waals surface area (Å²) < 4.78 is 24.6. The molecule has 4 atom stereocenters. The van der Waals surface area contributed by atoms with Crippen molar-refractivity contribution in [2.24, 2.45) is 0 Å². The molecule has 1 fully saturated rings. The molecule has 1 aliphatic heterocycles. The minimum absolute atomic E-state index is 0.0723. The summed E-state index contributed by atoms with van der Waals surface area (Å²) in [5.74, 6) is 1.76. The molecular weight excluding hydrogens is 452 g/mol. The zero-order valence-corrected chi connectivity index (χ0v) is 19.5. The SMILES string of the molecule is O=C=C(Cl)[C@@H]1O[C@H](COCc2ccccc2)[C@@H](OCc2ccccc2)[C@H]1OCc1ccccc1. The maximum absolute atomic E-state index is 11.4. The van der Waals surface area contributed by atoms with Gasteiger partial charge in [-0.05, 0) is 16.7 Å². The Morgan fingerprint density at radius 2 is 1.21 bits per heavy atom. The first-order chi connectivity index (χ1) is 16.7. The number of halogens is 1. The predicted octanol–water partition coefficient (Wildman–Crippen LogP) is 5.10. The van der Waals surface area contributed by atoms with Crippen LogP contribution in [0.15, 0.2) is 96.0 Å². The highest BCUT2D eigenvalue weighted by Gasteiger charge is 2.48. The molecule has 0 spiro atoms. The molecule has 0 saturated carbocycles. The van der Waals surface area contributed by atoms with Gasteiger partial charge >= 0.3 is 0 Å². The molecule has 0 N–H and O–H groups in total. The van der Waals surface area contributed by atoms with Crippen molar-refractivity contribution in [1.82, 2.24) is 0 Å².